The van der Waals surface area contributed by atoms with Crippen molar-refractivity contribution >= 4 is 45.8 Å². The van der Waals surface area contributed by atoms with Crippen molar-refractivity contribution in [1.82, 2.24) is 9.55 Å². The molecule has 20 heavy (non-hydrogen) atoms. The molecular formula is C12H8ClFIN3O2. The Bertz CT molecular complexity index is 720. The molecule has 0 spiro atoms. The van der Waals surface area contributed by atoms with Gasteiger partial charge in [0.25, 0.3) is 5.56 Å². The first-order valence-electron chi connectivity index (χ1n) is 5.44. The largest absolute Gasteiger partial charge is 0.322 e. The summed E-state index contributed by atoms with van der Waals surface area (Å²) in [6, 6.07) is 5.77. The van der Waals surface area contributed by atoms with Crippen LogP contribution in [-0.2, 0) is 11.3 Å². The second-order valence-corrected chi connectivity index (χ2v) is 5.25. The van der Waals surface area contributed by atoms with Gasteiger partial charge in [0.1, 0.15) is 21.1 Å². The van der Waals surface area contributed by atoms with E-state index in [9.17, 15) is 14.0 Å². The van der Waals surface area contributed by atoms with E-state index in [1.165, 1.54) is 24.5 Å². The Labute approximate surface area is 131 Å². The van der Waals surface area contributed by atoms with Crippen LogP contribution < -0.4 is 10.9 Å². The van der Waals surface area contributed by atoms with Gasteiger partial charge in [-0.2, -0.15) is 0 Å². The van der Waals surface area contributed by atoms with E-state index in [2.05, 4.69) is 10.3 Å². The minimum Gasteiger partial charge on any atom is -0.322 e. The molecule has 0 bridgehead atoms. The summed E-state index contributed by atoms with van der Waals surface area (Å²) in [6.07, 6.45) is 1.17. The molecule has 0 saturated carbocycles. The van der Waals surface area contributed by atoms with E-state index >= 15 is 0 Å². The lowest BCUT2D eigenvalue weighted by Crippen LogP contribution is -2.29. The van der Waals surface area contributed by atoms with Gasteiger partial charge >= 0.3 is 0 Å². The van der Waals surface area contributed by atoms with Gasteiger partial charge in [-0.3, -0.25) is 14.2 Å². The number of nitrogens with one attached hydrogen (secondary N) is 1. The monoisotopic (exact) mass is 407 g/mol. The van der Waals surface area contributed by atoms with Gasteiger partial charge in [-0.05, 0) is 34.7 Å². The Morgan fingerprint density at radius 3 is 2.85 bits per heavy atom. The van der Waals surface area contributed by atoms with Crippen molar-refractivity contribution in [2.45, 2.75) is 6.54 Å². The Morgan fingerprint density at radius 2 is 2.15 bits per heavy atom. The highest BCUT2D eigenvalue weighted by molar-refractivity contribution is 14.1. The van der Waals surface area contributed by atoms with Gasteiger partial charge < -0.3 is 5.32 Å². The van der Waals surface area contributed by atoms with Crippen LogP contribution in [0.5, 0.6) is 0 Å². The number of para-hydroxylation sites is 1. The highest BCUT2D eigenvalue weighted by Gasteiger charge is 2.11. The topological polar surface area (TPSA) is 64.0 Å². The summed E-state index contributed by atoms with van der Waals surface area (Å²) in [5, 5.41) is 2.47. The molecule has 2 rings (SSSR count). The van der Waals surface area contributed by atoms with Crippen molar-refractivity contribution in [2.24, 2.45) is 0 Å². The quantitative estimate of drug-likeness (QED) is 0.627. The van der Waals surface area contributed by atoms with Crippen LogP contribution in [-0.4, -0.2) is 15.5 Å². The molecule has 104 valence electrons. The van der Waals surface area contributed by atoms with Crippen LogP contribution in [0.2, 0.25) is 5.15 Å². The lowest BCUT2D eigenvalue weighted by atomic mass is 10.3. The van der Waals surface area contributed by atoms with Gasteiger partial charge in [-0.25, -0.2) is 9.37 Å². The fourth-order valence-electron chi connectivity index (χ4n) is 1.46. The molecule has 2 aromatic rings. The highest BCUT2D eigenvalue weighted by Crippen LogP contribution is 2.12. The van der Waals surface area contributed by atoms with E-state index in [-0.39, 0.29) is 21.0 Å². The number of amides is 1. The SMILES string of the molecule is O=C(Cn1cnc(Cl)c(I)c1=O)Nc1ccccc1F. The first-order valence-corrected chi connectivity index (χ1v) is 6.89. The van der Waals surface area contributed by atoms with Gasteiger partial charge in [0.05, 0.1) is 12.0 Å². The van der Waals surface area contributed by atoms with Gasteiger partial charge in [0.15, 0.2) is 0 Å². The summed E-state index contributed by atoms with van der Waals surface area (Å²) in [6.45, 7) is -0.270. The van der Waals surface area contributed by atoms with Crippen molar-refractivity contribution in [3.05, 3.63) is 55.5 Å². The third-order valence-electron chi connectivity index (χ3n) is 2.40. The van der Waals surface area contributed by atoms with E-state index in [4.69, 9.17) is 11.6 Å². The third kappa shape index (κ3) is 3.34. The van der Waals surface area contributed by atoms with Crippen LogP contribution in [0.25, 0.3) is 0 Å². The van der Waals surface area contributed by atoms with Crippen LogP contribution in [0.1, 0.15) is 0 Å². The maximum Gasteiger partial charge on any atom is 0.268 e. The molecule has 8 heteroatoms. The zero-order chi connectivity index (χ0) is 14.7. The first kappa shape index (κ1) is 14.9. The number of hydrogen-bond donors (Lipinski definition) is 1. The smallest absolute Gasteiger partial charge is 0.268 e. The molecule has 1 heterocycles. The van der Waals surface area contributed by atoms with E-state index in [0.717, 1.165) is 4.57 Å². The second kappa shape index (κ2) is 6.31. The number of carbonyl (C=O) groups is 1. The Hall–Kier alpha value is -1.48. The number of anilines is 1. The number of hydrogen-bond acceptors (Lipinski definition) is 3. The Balaban J connectivity index is 2.15. The minimum atomic E-state index is -0.544. The molecule has 0 aliphatic carbocycles. The van der Waals surface area contributed by atoms with Crippen molar-refractivity contribution in [2.75, 3.05) is 5.32 Å². The van der Waals surface area contributed by atoms with Crippen LogP contribution in [0.4, 0.5) is 10.1 Å². The van der Waals surface area contributed by atoms with Crippen LogP contribution in [0.3, 0.4) is 0 Å². The average Bonchev–Trinajstić information content (AvgIpc) is 2.42. The summed E-state index contributed by atoms with van der Waals surface area (Å²) in [5.74, 6) is -1.07. The molecule has 0 aliphatic heterocycles. The molecule has 5 nitrogen and oxygen atoms in total. The summed E-state index contributed by atoms with van der Waals surface area (Å²) < 4.78 is 14.7. The van der Waals surface area contributed by atoms with Crippen LogP contribution in [0, 0.1) is 9.39 Å². The molecule has 1 amide bonds. The number of rotatable bonds is 3. The van der Waals surface area contributed by atoms with Crippen molar-refractivity contribution in [3.8, 4) is 0 Å². The highest BCUT2D eigenvalue weighted by atomic mass is 127. The predicted octanol–water partition coefficient (Wildman–Crippen LogP) is 2.28. The molecule has 0 radical (unpaired) electrons. The molecular weight excluding hydrogens is 400 g/mol. The summed E-state index contributed by atoms with van der Waals surface area (Å²) in [4.78, 5) is 27.4. The second-order valence-electron chi connectivity index (χ2n) is 3.81. The Kier molecular flexibility index (Phi) is 4.71. The van der Waals surface area contributed by atoms with Crippen LogP contribution in [0.15, 0.2) is 35.4 Å². The molecule has 0 atom stereocenters. The maximum atomic E-state index is 13.4. The molecule has 1 N–H and O–H groups in total. The van der Waals surface area contributed by atoms with E-state index in [1.807, 2.05) is 0 Å². The summed E-state index contributed by atoms with van der Waals surface area (Å²) in [7, 11) is 0. The number of carbonyl (C=O) groups excluding carboxylic acids is 1. The number of nitrogens with zero attached hydrogens (tertiary/aromatic N) is 2. The van der Waals surface area contributed by atoms with Crippen molar-refractivity contribution in [3.63, 3.8) is 0 Å². The minimum absolute atomic E-state index is 0.0576. The van der Waals surface area contributed by atoms with E-state index in [0.29, 0.717) is 0 Å². The average molecular weight is 408 g/mol. The lowest BCUT2D eigenvalue weighted by molar-refractivity contribution is -0.116. The zero-order valence-electron chi connectivity index (χ0n) is 9.94. The third-order valence-corrected chi connectivity index (χ3v) is 3.98. The van der Waals surface area contributed by atoms with Crippen molar-refractivity contribution < 1.29 is 9.18 Å². The fourth-order valence-corrected chi connectivity index (χ4v) is 2.04. The standard InChI is InChI=1S/C12H8ClFIN3O2/c13-11-10(15)12(20)18(6-16-11)5-9(19)17-8-4-2-1-3-7(8)14/h1-4,6H,5H2,(H,17,19). The lowest BCUT2D eigenvalue weighted by Gasteiger charge is -2.08. The molecule has 0 fully saturated rings. The van der Waals surface area contributed by atoms with Gasteiger partial charge in [0.2, 0.25) is 5.91 Å². The van der Waals surface area contributed by atoms with Crippen LogP contribution >= 0.6 is 34.2 Å². The van der Waals surface area contributed by atoms with Crippen molar-refractivity contribution in [1.29, 1.82) is 0 Å². The van der Waals surface area contributed by atoms with E-state index < -0.39 is 17.3 Å². The first-order chi connectivity index (χ1) is 9.49. The molecule has 0 aliphatic rings. The molecule has 0 unspecified atom stereocenters. The molecule has 1 aromatic carbocycles. The van der Waals surface area contributed by atoms with Gasteiger partial charge in [-0.1, -0.05) is 23.7 Å². The number of halogens is 3. The molecule has 0 saturated heterocycles. The van der Waals surface area contributed by atoms with E-state index in [1.54, 1.807) is 28.7 Å². The van der Waals surface area contributed by atoms with Gasteiger partial charge in [-0.15, -0.1) is 0 Å². The normalized spacial score (nSPS) is 10.3. The fraction of sp³-hybridized carbons (Fsp3) is 0.0833. The predicted molar refractivity (Wildman–Crippen MR) is 81.3 cm³/mol. The number of aromatic nitrogens is 2. The summed E-state index contributed by atoms with van der Waals surface area (Å²) >= 11 is 7.44. The number of benzene rings is 1. The molecule has 1 aromatic heterocycles. The van der Waals surface area contributed by atoms with Gasteiger partial charge in [0, 0.05) is 0 Å². The Morgan fingerprint density at radius 1 is 1.45 bits per heavy atom. The maximum absolute atomic E-state index is 13.4. The summed E-state index contributed by atoms with van der Waals surface area (Å²) in [5.41, 5.74) is -0.364. The zero-order valence-corrected chi connectivity index (χ0v) is 12.9.